The van der Waals surface area contributed by atoms with E-state index in [1.54, 1.807) is 31.2 Å². The van der Waals surface area contributed by atoms with Crippen molar-refractivity contribution >= 4 is 12.6 Å². The number of hydrogen-bond acceptors (Lipinski definition) is 4. The highest BCUT2D eigenvalue weighted by atomic mass is 32.1. The van der Waals surface area contributed by atoms with Crippen molar-refractivity contribution in [3.63, 3.8) is 0 Å². The Labute approximate surface area is 256 Å². The third-order valence-electron chi connectivity index (χ3n) is 6.44. The van der Waals surface area contributed by atoms with E-state index < -0.39 is 11.2 Å². The molecule has 0 saturated carbocycles. The van der Waals surface area contributed by atoms with Crippen LogP contribution in [0.1, 0.15) is 85.8 Å². The molecule has 0 heterocycles. The fraction of sp³-hybridized carbons (Fsp3) is 0.405. The second kappa shape index (κ2) is 21.0. The molecule has 3 nitrogen and oxygen atoms in total. The lowest BCUT2D eigenvalue weighted by Gasteiger charge is -2.29. The molecule has 3 N–H and O–H groups in total. The molecule has 1 aliphatic carbocycles. The molecule has 3 rings (SSSR count). The summed E-state index contributed by atoms with van der Waals surface area (Å²) in [4.78, 5) is 0.951. The minimum atomic E-state index is -0.922. The molecule has 41 heavy (non-hydrogen) atoms. The minimum absolute atomic E-state index is 0.0661. The van der Waals surface area contributed by atoms with Crippen molar-refractivity contribution in [2.24, 2.45) is 5.92 Å². The second-order valence-electron chi connectivity index (χ2n) is 10.0. The Morgan fingerprint density at radius 1 is 0.927 bits per heavy atom. The highest BCUT2D eigenvalue weighted by molar-refractivity contribution is 7.84. The highest BCUT2D eigenvalue weighted by Gasteiger charge is 2.27. The van der Waals surface area contributed by atoms with Gasteiger partial charge in [-0.25, -0.2) is 0 Å². The largest absolute Gasteiger partial charge is 0.508 e. The van der Waals surface area contributed by atoms with E-state index in [1.165, 1.54) is 5.57 Å². The Morgan fingerprint density at radius 2 is 1.54 bits per heavy atom. The molecule has 2 aromatic rings. The summed E-state index contributed by atoms with van der Waals surface area (Å²) >= 11 is 4.39. The molecule has 1 aliphatic rings. The molecule has 3 unspecified atom stereocenters. The number of hydrogen-bond donors (Lipinski definition) is 4. The summed E-state index contributed by atoms with van der Waals surface area (Å²) in [6.45, 7) is 15.8. The average molecular weight is 579 g/mol. The van der Waals surface area contributed by atoms with Crippen molar-refractivity contribution in [3.05, 3.63) is 125 Å². The van der Waals surface area contributed by atoms with Crippen molar-refractivity contribution in [1.82, 2.24) is 0 Å². The highest BCUT2D eigenvalue weighted by Crippen LogP contribution is 2.28. The van der Waals surface area contributed by atoms with Gasteiger partial charge in [0.05, 0.1) is 11.2 Å². The van der Waals surface area contributed by atoms with Crippen LogP contribution in [0.4, 0.5) is 0 Å². The zero-order valence-electron chi connectivity index (χ0n) is 26.5. The number of aliphatic hydroxyl groups is 2. The number of allylic oxidation sites excluding steroid dienone is 7. The number of aromatic hydroxyl groups is 1. The molecule has 0 aromatic heterocycles. The van der Waals surface area contributed by atoms with E-state index in [-0.39, 0.29) is 11.7 Å². The van der Waals surface area contributed by atoms with Crippen molar-refractivity contribution in [1.29, 1.82) is 0 Å². The third kappa shape index (κ3) is 15.7. The molecule has 0 aliphatic heterocycles. The molecular weight excluding hydrogens is 524 g/mol. The lowest BCUT2D eigenvalue weighted by molar-refractivity contribution is 0.0257. The van der Waals surface area contributed by atoms with E-state index >= 15 is 0 Å². The van der Waals surface area contributed by atoms with E-state index in [9.17, 15) is 15.3 Å². The van der Waals surface area contributed by atoms with E-state index in [2.05, 4.69) is 56.0 Å². The van der Waals surface area contributed by atoms with Crippen molar-refractivity contribution in [2.75, 3.05) is 0 Å². The standard InChI is InChI=1S/C18H26OS.C15H16O2.2C2H6/c1-4-9-17(20)13-12-15(2)18(3,19)14-16-10-7-5-6-8-11-16;1-15(17,11-12-5-3-2-4-6-12)13-7-9-14(16)10-8-13;2*1-2/h5,7-13,15,19-20H,4,6,14H2,1-3H3;2-10,16-17H,11H2,1H3;2*1-2H3/b13-12-,17-9+;;;. The maximum atomic E-state index is 10.7. The first-order valence-corrected chi connectivity index (χ1v) is 15.4. The molecule has 2 aromatic carbocycles. The summed E-state index contributed by atoms with van der Waals surface area (Å²) in [6, 6.07) is 16.5. The number of benzene rings is 2. The quantitative estimate of drug-likeness (QED) is 0.177. The summed E-state index contributed by atoms with van der Waals surface area (Å²) < 4.78 is 0. The molecule has 0 radical (unpaired) electrons. The Kier molecular flexibility index (Phi) is 19.6. The number of thiol groups is 1. The molecule has 0 spiro atoms. The average Bonchev–Trinajstić information content (AvgIpc) is 3.23. The van der Waals surface area contributed by atoms with Gasteiger partial charge in [-0.1, -0.05) is 133 Å². The van der Waals surface area contributed by atoms with Gasteiger partial charge in [-0.15, -0.1) is 12.6 Å². The van der Waals surface area contributed by atoms with Crippen LogP contribution in [0.2, 0.25) is 0 Å². The Hall–Kier alpha value is -2.79. The minimum Gasteiger partial charge on any atom is -0.508 e. The summed E-state index contributed by atoms with van der Waals surface area (Å²) in [7, 11) is 0. The van der Waals surface area contributed by atoms with Gasteiger partial charge in [0, 0.05) is 18.8 Å². The van der Waals surface area contributed by atoms with Crippen molar-refractivity contribution < 1.29 is 15.3 Å². The van der Waals surface area contributed by atoms with E-state index in [0.29, 0.717) is 12.8 Å². The Bertz CT molecular complexity index is 1100. The molecular formula is C37H54O3S. The van der Waals surface area contributed by atoms with Crippen LogP contribution in [0.25, 0.3) is 0 Å². The van der Waals surface area contributed by atoms with Gasteiger partial charge >= 0.3 is 0 Å². The summed E-state index contributed by atoms with van der Waals surface area (Å²) in [5.41, 5.74) is 1.38. The number of phenols is 1. The predicted octanol–water partition coefficient (Wildman–Crippen LogP) is 9.88. The zero-order valence-corrected chi connectivity index (χ0v) is 27.4. The van der Waals surface area contributed by atoms with Gasteiger partial charge in [-0.3, -0.25) is 0 Å². The molecule has 0 fully saturated rings. The van der Waals surface area contributed by atoms with Crippen LogP contribution in [-0.4, -0.2) is 20.9 Å². The molecule has 0 bridgehead atoms. The van der Waals surface area contributed by atoms with Crippen LogP contribution in [0.5, 0.6) is 5.75 Å². The van der Waals surface area contributed by atoms with Gasteiger partial charge in [0.2, 0.25) is 0 Å². The van der Waals surface area contributed by atoms with Gasteiger partial charge in [0.25, 0.3) is 0 Å². The van der Waals surface area contributed by atoms with Crippen LogP contribution in [0, 0.1) is 5.92 Å². The topological polar surface area (TPSA) is 60.7 Å². The van der Waals surface area contributed by atoms with E-state index in [1.807, 2.05) is 84.0 Å². The normalized spacial score (nSPS) is 16.3. The van der Waals surface area contributed by atoms with Crippen molar-refractivity contribution in [2.45, 2.75) is 92.3 Å². The SMILES string of the molecule is CC.CC.CC(O)(Cc1ccccc1)c1ccc(O)cc1.CC/C=C(S)\C=C/C(C)C(C)(O)CC1=CC=CCC=C1. The first-order chi connectivity index (χ1) is 19.5. The van der Waals surface area contributed by atoms with Gasteiger partial charge in [0.1, 0.15) is 5.75 Å². The van der Waals surface area contributed by atoms with Crippen LogP contribution in [-0.2, 0) is 12.0 Å². The maximum Gasteiger partial charge on any atom is 0.115 e. The van der Waals surface area contributed by atoms with Gasteiger partial charge < -0.3 is 15.3 Å². The van der Waals surface area contributed by atoms with Crippen molar-refractivity contribution in [3.8, 4) is 5.75 Å². The third-order valence-corrected chi connectivity index (χ3v) is 6.77. The first kappa shape index (κ1) is 38.2. The molecule has 0 amide bonds. The van der Waals surface area contributed by atoms with E-state index in [4.69, 9.17) is 0 Å². The molecule has 226 valence electrons. The van der Waals surface area contributed by atoms with Crippen LogP contribution >= 0.6 is 12.6 Å². The van der Waals surface area contributed by atoms with Crippen LogP contribution in [0.15, 0.2) is 114 Å². The zero-order chi connectivity index (χ0) is 31.3. The fourth-order valence-electron chi connectivity index (χ4n) is 3.96. The summed E-state index contributed by atoms with van der Waals surface area (Å²) in [6.07, 6.45) is 19.7. The summed E-state index contributed by atoms with van der Waals surface area (Å²) in [5, 5.41) is 30.4. The maximum absolute atomic E-state index is 10.7. The van der Waals surface area contributed by atoms with E-state index in [0.717, 1.165) is 28.9 Å². The fourth-order valence-corrected chi connectivity index (χ4v) is 4.23. The first-order valence-electron chi connectivity index (χ1n) is 14.9. The van der Waals surface area contributed by atoms with Gasteiger partial charge in [-0.05, 0) is 60.4 Å². The predicted molar refractivity (Wildman–Crippen MR) is 182 cm³/mol. The van der Waals surface area contributed by atoms with Crippen LogP contribution in [0.3, 0.4) is 0 Å². The monoisotopic (exact) mass is 578 g/mol. The van der Waals surface area contributed by atoms with Crippen LogP contribution < -0.4 is 0 Å². The second-order valence-corrected chi connectivity index (χ2v) is 10.5. The molecule has 3 atom stereocenters. The number of phenolic OH excluding ortho intramolecular Hbond substituents is 1. The molecule has 0 saturated heterocycles. The molecule has 4 heteroatoms. The lowest BCUT2D eigenvalue weighted by atomic mass is 9.84. The smallest absolute Gasteiger partial charge is 0.115 e. The van der Waals surface area contributed by atoms with Gasteiger partial charge in [-0.2, -0.15) is 0 Å². The Morgan fingerprint density at radius 3 is 2.12 bits per heavy atom. The Balaban J connectivity index is 0.000000701. The van der Waals surface area contributed by atoms with Gasteiger partial charge in [0.15, 0.2) is 0 Å². The number of rotatable bonds is 9. The lowest BCUT2D eigenvalue weighted by Crippen LogP contribution is -2.32. The summed E-state index contributed by atoms with van der Waals surface area (Å²) in [5.74, 6) is 0.278.